The second-order valence-corrected chi connectivity index (χ2v) is 6.19. The third-order valence-corrected chi connectivity index (χ3v) is 4.02. The van der Waals surface area contributed by atoms with Crippen LogP contribution in [0.3, 0.4) is 0 Å². The molecule has 0 fully saturated rings. The largest absolute Gasteiger partial charge is 0.300 e. The van der Waals surface area contributed by atoms with Crippen LogP contribution in [0, 0.1) is 4.64 Å². The summed E-state index contributed by atoms with van der Waals surface area (Å²) >= 11 is 11.7. The highest BCUT2D eigenvalue weighted by molar-refractivity contribution is 8.12. The van der Waals surface area contributed by atoms with Crippen molar-refractivity contribution in [3.8, 4) is 0 Å². The highest BCUT2D eigenvalue weighted by Crippen LogP contribution is 2.21. The molecule has 0 spiro atoms. The van der Waals surface area contributed by atoms with Crippen molar-refractivity contribution in [2.75, 3.05) is 0 Å². The highest BCUT2D eigenvalue weighted by atomic mass is 35.7. The predicted molar refractivity (Wildman–Crippen MR) is 65.9 cm³/mol. The van der Waals surface area contributed by atoms with E-state index in [2.05, 4.69) is 4.98 Å². The second-order valence-electron chi connectivity index (χ2n) is 2.94. The standard InChI is InChI=1S/C8H5Cl3N2O2S/c9-7-8(16(11,14)15)13(10)6-4-2-1-3-5(6)12-7/h1-4H,(H,14,15). The maximum Gasteiger partial charge on any atom is 0.194 e. The van der Waals surface area contributed by atoms with Gasteiger partial charge in [0.15, 0.2) is 18.8 Å². The van der Waals surface area contributed by atoms with Gasteiger partial charge in [0.05, 0.1) is 11.0 Å². The van der Waals surface area contributed by atoms with Gasteiger partial charge in [-0.15, -0.1) is 0 Å². The zero-order valence-corrected chi connectivity index (χ0v) is 10.7. The number of aromatic nitrogens is 2. The van der Waals surface area contributed by atoms with E-state index in [1.165, 1.54) is 0 Å². The first-order chi connectivity index (χ1) is 7.41. The lowest BCUT2D eigenvalue weighted by molar-refractivity contribution is 0.571. The lowest BCUT2D eigenvalue weighted by atomic mass is 10.3. The average molecular weight is 300 g/mol. The minimum Gasteiger partial charge on any atom is -0.300 e. The van der Waals surface area contributed by atoms with Crippen LogP contribution in [0.15, 0.2) is 24.3 Å². The monoisotopic (exact) mass is 298 g/mol. The summed E-state index contributed by atoms with van der Waals surface area (Å²) in [6, 6.07) is 6.78. The van der Waals surface area contributed by atoms with E-state index in [4.69, 9.17) is 34.1 Å². The first-order valence-electron chi connectivity index (χ1n) is 4.04. The van der Waals surface area contributed by atoms with E-state index in [-0.39, 0.29) is 9.79 Å². The van der Waals surface area contributed by atoms with Crippen molar-refractivity contribution in [3.05, 3.63) is 34.1 Å². The Balaban J connectivity index is 3.18. The van der Waals surface area contributed by atoms with Crippen molar-refractivity contribution < 1.29 is 8.76 Å². The Morgan fingerprint density at radius 3 is 2.62 bits per heavy atom. The fraction of sp³-hybridized carbons (Fsp3) is 0. The molecule has 0 bridgehead atoms. The fourth-order valence-corrected chi connectivity index (χ4v) is 3.51. The quantitative estimate of drug-likeness (QED) is 0.600. The maximum absolute atomic E-state index is 11.4. The van der Waals surface area contributed by atoms with Crippen molar-refractivity contribution in [2.45, 2.75) is 0 Å². The third-order valence-electron chi connectivity index (χ3n) is 1.91. The Morgan fingerprint density at radius 2 is 2.00 bits per heavy atom. The Hall–Kier alpha value is -0.460. The summed E-state index contributed by atoms with van der Waals surface area (Å²) in [6.07, 6.45) is 0. The van der Waals surface area contributed by atoms with Crippen LogP contribution >= 0.6 is 34.1 Å². The Bertz CT molecular complexity index is 711. The number of nitrogens with zero attached hydrogens (tertiary/aromatic N) is 2. The normalized spacial score (nSPS) is 15.0. The van der Waals surface area contributed by atoms with Crippen LogP contribution in [0.4, 0.5) is 0 Å². The zero-order chi connectivity index (χ0) is 11.9. The number of fused-ring (bicyclic) bond motifs is 1. The van der Waals surface area contributed by atoms with Crippen molar-refractivity contribution in [3.63, 3.8) is 0 Å². The zero-order valence-electron chi connectivity index (χ0n) is 7.60. The first kappa shape index (κ1) is 12.0. The smallest absolute Gasteiger partial charge is 0.194 e. The van der Waals surface area contributed by atoms with Gasteiger partial charge in [0.25, 0.3) is 0 Å². The van der Waals surface area contributed by atoms with E-state index in [1.807, 2.05) is 0 Å². The molecule has 1 aromatic carbocycles. The molecule has 0 aliphatic carbocycles. The van der Waals surface area contributed by atoms with E-state index < -0.39 is 9.02 Å². The summed E-state index contributed by atoms with van der Waals surface area (Å²) in [5, 5.41) is -0.198. The van der Waals surface area contributed by atoms with Gasteiger partial charge in [-0.1, -0.05) is 23.7 Å². The third kappa shape index (κ3) is 2.01. The minimum absolute atomic E-state index is 0.198. The van der Waals surface area contributed by atoms with Gasteiger partial charge in [-0.05, 0) is 12.1 Å². The summed E-state index contributed by atoms with van der Waals surface area (Å²) in [5.74, 6) is 0. The molecule has 1 N–H and O–H groups in total. The molecule has 0 aliphatic rings. The molecule has 0 aliphatic heterocycles. The Labute approximate surface area is 106 Å². The summed E-state index contributed by atoms with van der Waals surface area (Å²) in [6.45, 7) is 0. The molecule has 4 nitrogen and oxygen atoms in total. The molecule has 0 radical (unpaired) electrons. The molecule has 1 unspecified atom stereocenters. The highest BCUT2D eigenvalue weighted by Gasteiger charge is 2.11. The van der Waals surface area contributed by atoms with E-state index in [0.717, 1.165) is 4.09 Å². The SMILES string of the molecule is O=S(O)(Cl)=c1c(Cl)nc2ccccc2n1Cl. The van der Waals surface area contributed by atoms with Crippen LogP contribution in [0.25, 0.3) is 11.0 Å². The minimum atomic E-state index is -3.80. The molecule has 1 heterocycles. The number of rotatable bonds is 0. The molecule has 16 heavy (non-hydrogen) atoms. The number of hydrogen-bond donors (Lipinski definition) is 1. The molecule has 2 aromatic rings. The molecule has 0 saturated carbocycles. The van der Waals surface area contributed by atoms with Crippen LogP contribution in [0.2, 0.25) is 5.15 Å². The lowest BCUT2D eigenvalue weighted by Gasteiger charge is -2.05. The molecular formula is C8H5Cl3N2O2S. The van der Waals surface area contributed by atoms with Gasteiger partial charge in [-0.25, -0.2) is 13.3 Å². The molecule has 0 saturated heterocycles. The molecule has 86 valence electrons. The lowest BCUT2D eigenvalue weighted by Crippen LogP contribution is -2.01. The predicted octanol–water partition coefficient (Wildman–Crippen LogP) is 3.13. The first-order valence-corrected chi connectivity index (χ1v) is 7.09. The second kappa shape index (κ2) is 4.09. The van der Waals surface area contributed by atoms with Gasteiger partial charge in [-0.2, -0.15) is 0 Å². The maximum atomic E-state index is 11.4. The molecule has 1 aromatic heterocycles. The average Bonchev–Trinajstić information content (AvgIpc) is 2.15. The van der Waals surface area contributed by atoms with Crippen LogP contribution < -0.4 is 0 Å². The van der Waals surface area contributed by atoms with E-state index in [0.29, 0.717) is 11.0 Å². The molecular weight excluding hydrogens is 295 g/mol. The molecule has 8 heteroatoms. The summed E-state index contributed by atoms with van der Waals surface area (Å²) < 4.78 is 21.3. The fourth-order valence-electron chi connectivity index (χ4n) is 1.27. The van der Waals surface area contributed by atoms with E-state index >= 15 is 0 Å². The van der Waals surface area contributed by atoms with Crippen molar-refractivity contribution >= 4 is 54.1 Å². The number of halogens is 3. The molecule has 2 rings (SSSR count). The van der Waals surface area contributed by atoms with Gasteiger partial charge in [-0.3, -0.25) is 0 Å². The van der Waals surface area contributed by atoms with E-state index in [1.54, 1.807) is 24.3 Å². The van der Waals surface area contributed by atoms with Gasteiger partial charge >= 0.3 is 0 Å². The number of benzene rings is 1. The van der Waals surface area contributed by atoms with Gasteiger partial charge in [0.1, 0.15) is 0 Å². The summed E-state index contributed by atoms with van der Waals surface area (Å²) in [7, 11) is 1.53. The van der Waals surface area contributed by atoms with Gasteiger partial charge in [0.2, 0.25) is 0 Å². The number of para-hydroxylation sites is 2. The van der Waals surface area contributed by atoms with Crippen molar-refractivity contribution in [1.29, 1.82) is 0 Å². The summed E-state index contributed by atoms with van der Waals surface area (Å²) in [5.41, 5.74) is 0.956. The van der Waals surface area contributed by atoms with Crippen LogP contribution in [-0.4, -0.2) is 17.8 Å². The van der Waals surface area contributed by atoms with E-state index in [9.17, 15) is 8.76 Å². The van der Waals surface area contributed by atoms with Gasteiger partial charge < -0.3 is 4.55 Å². The van der Waals surface area contributed by atoms with Crippen LogP contribution in [0.1, 0.15) is 0 Å². The molecule has 1 atom stereocenters. The Kier molecular flexibility index (Phi) is 3.07. The Morgan fingerprint density at radius 1 is 1.38 bits per heavy atom. The van der Waals surface area contributed by atoms with Crippen molar-refractivity contribution in [1.82, 2.24) is 9.07 Å². The molecule has 0 amide bonds. The van der Waals surface area contributed by atoms with Crippen LogP contribution in [-0.2, 0) is 9.02 Å². The topological polar surface area (TPSA) is 55.1 Å². The van der Waals surface area contributed by atoms with Crippen molar-refractivity contribution in [2.24, 2.45) is 0 Å². The van der Waals surface area contributed by atoms with Gasteiger partial charge in [0, 0.05) is 22.5 Å². The summed E-state index contributed by atoms with van der Waals surface area (Å²) in [4.78, 5) is 3.94. The van der Waals surface area contributed by atoms with Crippen LogP contribution in [0.5, 0.6) is 0 Å². The number of hydrogen-bond acceptors (Lipinski definition) is 2.